The molecule has 0 N–H and O–H groups in total. The van der Waals surface area contributed by atoms with Gasteiger partial charge in [-0.3, -0.25) is 0 Å². The molecule has 0 radical (unpaired) electrons. The van der Waals surface area contributed by atoms with E-state index in [9.17, 15) is 4.39 Å². The third kappa shape index (κ3) is 4.53. The van der Waals surface area contributed by atoms with E-state index in [-0.39, 0.29) is 22.8 Å². The lowest BCUT2D eigenvalue weighted by Gasteiger charge is -2.28. The largest absolute Gasteiger partial charge is 1.00 e. The van der Waals surface area contributed by atoms with Crippen LogP contribution in [0.4, 0.5) is 4.39 Å². The van der Waals surface area contributed by atoms with Crippen LogP contribution in [0.15, 0.2) is 114 Å². The maximum atomic E-state index is 13.9. The van der Waals surface area contributed by atoms with Crippen LogP contribution < -0.4 is 32.9 Å². The summed E-state index contributed by atoms with van der Waals surface area (Å²) in [5, 5.41) is 3.98. The lowest BCUT2D eigenvalue weighted by Crippen LogP contribution is -3.00. The Bertz CT molecular complexity index is 957. The molecule has 0 amide bonds. The lowest BCUT2D eigenvalue weighted by molar-refractivity contribution is -0.00000592. The van der Waals surface area contributed by atoms with E-state index in [1.165, 1.54) is 15.9 Å². The first-order valence-corrected chi connectivity index (χ1v) is 12.0. The minimum atomic E-state index is -1.95. The first-order valence-electron chi connectivity index (χ1n) is 9.19. The second-order valence-corrected chi connectivity index (χ2v) is 11.1. The Labute approximate surface area is 191 Å². The van der Waals surface area contributed by atoms with Gasteiger partial charge < -0.3 is 17.0 Å². The van der Waals surface area contributed by atoms with Crippen LogP contribution in [0.2, 0.25) is 0 Å². The molecule has 0 unspecified atom stereocenters. The highest BCUT2D eigenvalue weighted by Gasteiger charge is 2.45. The van der Waals surface area contributed by atoms with Gasteiger partial charge in [0.15, 0.2) is 0 Å². The molecule has 29 heavy (non-hydrogen) atoms. The molecule has 0 aromatic heterocycles. The zero-order valence-corrected chi connectivity index (χ0v) is 19.7. The average Bonchev–Trinajstić information content (AvgIpc) is 2.76. The van der Waals surface area contributed by atoms with Crippen LogP contribution in [0.3, 0.4) is 0 Å². The summed E-state index contributed by atoms with van der Waals surface area (Å²) < 4.78 is 14.4. The van der Waals surface area contributed by atoms with Crippen LogP contribution in [0.25, 0.3) is 0 Å². The summed E-state index contributed by atoms with van der Waals surface area (Å²) in [5.41, 5.74) is 1.12. The molecule has 0 heterocycles. The third-order valence-corrected chi connectivity index (χ3v) is 9.98. The Morgan fingerprint density at radius 2 is 1.03 bits per heavy atom. The van der Waals surface area contributed by atoms with Gasteiger partial charge in [-0.05, 0) is 70.0 Å². The molecule has 146 valence electrons. The predicted molar refractivity (Wildman–Crippen MR) is 123 cm³/mol. The van der Waals surface area contributed by atoms with Crippen molar-refractivity contribution in [3.05, 3.63) is 125 Å². The van der Waals surface area contributed by atoms with Crippen molar-refractivity contribution < 1.29 is 21.4 Å². The summed E-state index contributed by atoms with van der Waals surface area (Å²) in [4.78, 5) is 0. The monoisotopic (exact) mass is 528 g/mol. The van der Waals surface area contributed by atoms with Crippen molar-refractivity contribution in [3.63, 3.8) is 0 Å². The summed E-state index contributed by atoms with van der Waals surface area (Å²) in [6.45, 7) is 0. The van der Waals surface area contributed by atoms with Crippen LogP contribution in [0.1, 0.15) is 5.56 Å². The predicted octanol–water partition coefficient (Wildman–Crippen LogP) is 3.09. The van der Waals surface area contributed by atoms with E-state index in [4.69, 9.17) is 0 Å². The highest BCUT2D eigenvalue weighted by Crippen LogP contribution is 2.58. The molecule has 0 nitrogen and oxygen atoms in total. The second-order valence-electron chi connectivity index (χ2n) is 6.72. The Morgan fingerprint density at radius 1 is 0.621 bits per heavy atom. The Kier molecular flexibility index (Phi) is 7.40. The standard InChI is InChI=1S/C25H20BrFP.BrH/c26-24-18-20(16-17-25(24)27)19-28(21-10-4-1-5-11-21,22-12-6-2-7-13-22)23-14-8-3-9-15-23;/h1-18H,19H2;1H/q+1;/p-1. The van der Waals surface area contributed by atoms with Crippen molar-refractivity contribution in [1.29, 1.82) is 0 Å². The molecule has 0 saturated carbocycles. The Morgan fingerprint density at radius 3 is 1.41 bits per heavy atom. The van der Waals surface area contributed by atoms with E-state index in [0.29, 0.717) is 4.47 Å². The van der Waals surface area contributed by atoms with E-state index in [1.54, 1.807) is 6.07 Å². The van der Waals surface area contributed by atoms with Crippen LogP contribution in [0, 0.1) is 5.82 Å². The first-order chi connectivity index (χ1) is 13.7. The normalized spacial score (nSPS) is 11.0. The van der Waals surface area contributed by atoms with Gasteiger partial charge in [0.2, 0.25) is 0 Å². The van der Waals surface area contributed by atoms with Gasteiger partial charge in [-0.2, -0.15) is 0 Å². The topological polar surface area (TPSA) is 0 Å². The zero-order chi connectivity index (χ0) is 19.4. The Hall–Kier alpha value is -1.80. The molecular formula is C25H20Br2FP. The number of hydrogen-bond donors (Lipinski definition) is 0. The zero-order valence-electron chi connectivity index (χ0n) is 15.7. The highest BCUT2D eigenvalue weighted by molar-refractivity contribution is 9.10. The van der Waals surface area contributed by atoms with Gasteiger partial charge in [0, 0.05) is 0 Å². The maximum Gasteiger partial charge on any atom is 0.137 e. The molecule has 4 rings (SSSR count). The van der Waals surface area contributed by atoms with E-state index >= 15 is 0 Å². The highest BCUT2D eigenvalue weighted by atomic mass is 79.9. The minimum Gasteiger partial charge on any atom is -1.00 e. The van der Waals surface area contributed by atoms with E-state index in [2.05, 4.69) is 107 Å². The van der Waals surface area contributed by atoms with Gasteiger partial charge in [0.05, 0.1) is 10.6 Å². The molecule has 0 aliphatic heterocycles. The third-order valence-electron chi connectivity index (χ3n) is 4.99. The summed E-state index contributed by atoms with van der Waals surface area (Å²) >= 11 is 3.36. The molecule has 0 bridgehead atoms. The van der Waals surface area contributed by atoms with Gasteiger partial charge in [0.1, 0.15) is 29.0 Å². The van der Waals surface area contributed by atoms with Crippen molar-refractivity contribution in [2.45, 2.75) is 6.16 Å². The van der Waals surface area contributed by atoms with Crippen molar-refractivity contribution >= 4 is 39.1 Å². The molecule has 0 aliphatic rings. The van der Waals surface area contributed by atoms with Gasteiger partial charge in [-0.25, -0.2) is 4.39 Å². The van der Waals surface area contributed by atoms with Crippen molar-refractivity contribution in [2.24, 2.45) is 0 Å². The molecule has 4 aromatic carbocycles. The number of halogens is 3. The fraction of sp³-hybridized carbons (Fsp3) is 0.0400. The maximum absolute atomic E-state index is 13.9. The molecule has 4 aromatic rings. The van der Waals surface area contributed by atoms with Crippen LogP contribution in [0.5, 0.6) is 0 Å². The summed E-state index contributed by atoms with van der Waals surface area (Å²) in [7, 11) is -1.95. The van der Waals surface area contributed by atoms with Gasteiger partial charge in [-0.1, -0.05) is 60.7 Å². The van der Waals surface area contributed by atoms with Crippen molar-refractivity contribution in [3.8, 4) is 0 Å². The molecule has 0 aliphatic carbocycles. The molecule has 0 spiro atoms. The summed E-state index contributed by atoms with van der Waals surface area (Å²) in [6.07, 6.45) is 0.837. The number of hydrogen-bond acceptors (Lipinski definition) is 0. The quantitative estimate of drug-likeness (QED) is 0.349. The Balaban J connectivity index is 0.00000240. The van der Waals surface area contributed by atoms with E-state index < -0.39 is 7.26 Å². The van der Waals surface area contributed by atoms with Gasteiger partial charge in [0.25, 0.3) is 0 Å². The minimum absolute atomic E-state index is 0. The van der Waals surface area contributed by atoms with Crippen LogP contribution >= 0.6 is 23.2 Å². The average molecular weight is 530 g/mol. The van der Waals surface area contributed by atoms with Crippen LogP contribution in [-0.4, -0.2) is 0 Å². The van der Waals surface area contributed by atoms with E-state index in [0.717, 1.165) is 11.7 Å². The summed E-state index contributed by atoms with van der Waals surface area (Å²) in [5.74, 6) is -0.230. The van der Waals surface area contributed by atoms with Gasteiger partial charge >= 0.3 is 0 Å². The van der Waals surface area contributed by atoms with E-state index in [1.807, 2.05) is 12.1 Å². The van der Waals surface area contributed by atoms with Crippen molar-refractivity contribution in [1.82, 2.24) is 0 Å². The number of benzene rings is 4. The fourth-order valence-corrected chi connectivity index (χ4v) is 8.34. The number of rotatable bonds is 5. The van der Waals surface area contributed by atoms with Gasteiger partial charge in [-0.15, -0.1) is 0 Å². The van der Waals surface area contributed by atoms with Crippen molar-refractivity contribution in [2.75, 3.05) is 0 Å². The van der Waals surface area contributed by atoms with Crippen LogP contribution in [-0.2, 0) is 6.16 Å². The second kappa shape index (κ2) is 9.80. The molecule has 0 saturated heterocycles. The molecule has 4 heteroatoms. The molecule has 0 atom stereocenters. The fourth-order valence-electron chi connectivity index (χ4n) is 3.68. The SMILES string of the molecule is Fc1ccc(C[P+](c2ccccc2)(c2ccccc2)c2ccccc2)cc1Br.[Br-]. The smallest absolute Gasteiger partial charge is 0.137 e. The first kappa shape index (κ1) is 21.9. The molecule has 0 fully saturated rings. The lowest BCUT2D eigenvalue weighted by atomic mass is 10.2. The summed E-state index contributed by atoms with van der Waals surface area (Å²) in [6, 6.07) is 37.6. The molecular weight excluding hydrogens is 510 g/mol.